The van der Waals surface area contributed by atoms with Crippen molar-refractivity contribution in [2.75, 3.05) is 5.75 Å². The molecular weight excluding hydrogens is 486 g/mol. The topological polar surface area (TPSA) is 107 Å². The SMILES string of the molecule is Cc1ccc(C(=O)OC(CS(=O)(=O)O)(C(F)(F)F)C(F)(F)F)cc1OC(=O)C1CCCCC1. The second-order valence-corrected chi connectivity index (χ2v) is 9.13. The van der Waals surface area contributed by atoms with Gasteiger partial charge in [-0.25, -0.2) is 4.79 Å². The van der Waals surface area contributed by atoms with E-state index in [1.165, 1.54) is 6.92 Å². The smallest absolute Gasteiger partial charge is 0.435 e. The molecule has 1 aromatic carbocycles. The van der Waals surface area contributed by atoms with Gasteiger partial charge in [0.1, 0.15) is 11.5 Å². The van der Waals surface area contributed by atoms with Crippen molar-refractivity contribution in [2.24, 2.45) is 5.92 Å². The fourth-order valence-corrected chi connectivity index (χ4v) is 4.21. The fraction of sp³-hybridized carbons (Fsp3) is 0.579. The van der Waals surface area contributed by atoms with Gasteiger partial charge in [0.15, 0.2) is 0 Å². The second-order valence-electron chi connectivity index (χ2n) is 7.67. The van der Waals surface area contributed by atoms with Crippen molar-refractivity contribution in [3.05, 3.63) is 29.3 Å². The predicted molar refractivity (Wildman–Crippen MR) is 100 cm³/mol. The van der Waals surface area contributed by atoms with Gasteiger partial charge in [-0.05, 0) is 37.5 Å². The molecule has 0 spiro atoms. The second kappa shape index (κ2) is 9.49. The Labute approximate surface area is 184 Å². The summed E-state index contributed by atoms with van der Waals surface area (Å²) in [4.78, 5) is 24.6. The van der Waals surface area contributed by atoms with Crippen molar-refractivity contribution < 1.29 is 58.4 Å². The Balaban J connectivity index is 2.38. The van der Waals surface area contributed by atoms with Crippen LogP contribution in [-0.2, 0) is 19.6 Å². The van der Waals surface area contributed by atoms with Gasteiger partial charge in [0.25, 0.3) is 10.1 Å². The summed E-state index contributed by atoms with van der Waals surface area (Å²) >= 11 is 0. The number of alkyl halides is 6. The lowest BCUT2D eigenvalue weighted by molar-refractivity contribution is -0.356. The van der Waals surface area contributed by atoms with Gasteiger partial charge in [-0.15, -0.1) is 0 Å². The zero-order valence-corrected chi connectivity index (χ0v) is 17.9. The van der Waals surface area contributed by atoms with Gasteiger partial charge >= 0.3 is 29.9 Å². The van der Waals surface area contributed by atoms with E-state index in [1.807, 2.05) is 0 Å². The molecule has 0 aromatic heterocycles. The van der Waals surface area contributed by atoms with Crippen LogP contribution >= 0.6 is 0 Å². The third-order valence-corrected chi connectivity index (χ3v) is 5.91. The van der Waals surface area contributed by atoms with Crippen molar-refractivity contribution in [1.29, 1.82) is 0 Å². The average molecular weight is 506 g/mol. The molecule has 1 N–H and O–H groups in total. The van der Waals surface area contributed by atoms with Crippen molar-refractivity contribution in [3.8, 4) is 5.75 Å². The molecule has 1 aromatic rings. The van der Waals surface area contributed by atoms with Crippen LogP contribution in [0, 0.1) is 12.8 Å². The minimum absolute atomic E-state index is 0.256. The first-order chi connectivity index (χ1) is 15.0. The normalized spacial score (nSPS) is 16.4. The summed E-state index contributed by atoms with van der Waals surface area (Å²) in [6.45, 7) is 1.42. The number of esters is 2. The first-order valence-corrected chi connectivity index (χ1v) is 11.2. The summed E-state index contributed by atoms with van der Waals surface area (Å²) in [6.07, 6.45) is -9.28. The van der Waals surface area contributed by atoms with Crippen LogP contribution in [0.3, 0.4) is 0 Å². The van der Waals surface area contributed by atoms with E-state index in [-0.39, 0.29) is 11.3 Å². The van der Waals surface area contributed by atoms with Crippen molar-refractivity contribution >= 4 is 22.1 Å². The number of hydrogen-bond donors (Lipinski definition) is 1. The van der Waals surface area contributed by atoms with Gasteiger partial charge < -0.3 is 9.47 Å². The van der Waals surface area contributed by atoms with Crippen LogP contribution in [0.1, 0.15) is 48.0 Å². The summed E-state index contributed by atoms with van der Waals surface area (Å²) in [6, 6.07) is 2.65. The number of carbonyl (C=O) groups excluding carboxylic acids is 2. The number of halogens is 6. The highest BCUT2D eigenvalue weighted by molar-refractivity contribution is 7.85. The molecule has 7 nitrogen and oxygen atoms in total. The van der Waals surface area contributed by atoms with E-state index in [4.69, 9.17) is 9.29 Å². The first-order valence-electron chi connectivity index (χ1n) is 9.61. The minimum Gasteiger partial charge on any atom is -0.435 e. The molecule has 0 bridgehead atoms. The molecule has 2 rings (SSSR count). The van der Waals surface area contributed by atoms with Gasteiger partial charge in [-0.1, -0.05) is 25.3 Å². The Kier molecular flexibility index (Phi) is 7.73. The summed E-state index contributed by atoms with van der Waals surface area (Å²) in [5.74, 6) is -6.56. The van der Waals surface area contributed by atoms with Crippen LogP contribution in [-0.4, -0.2) is 48.6 Å². The molecule has 0 amide bonds. The molecule has 1 aliphatic rings. The lowest BCUT2D eigenvalue weighted by atomic mass is 9.89. The van der Waals surface area contributed by atoms with E-state index in [0.29, 0.717) is 12.8 Å². The van der Waals surface area contributed by atoms with E-state index in [9.17, 15) is 44.3 Å². The molecule has 14 heteroatoms. The molecule has 0 unspecified atom stereocenters. The predicted octanol–water partition coefficient (Wildman–Crippen LogP) is 4.39. The number of hydrogen-bond acceptors (Lipinski definition) is 6. The van der Waals surface area contributed by atoms with Gasteiger partial charge in [-0.2, -0.15) is 34.8 Å². The summed E-state index contributed by atoms with van der Waals surface area (Å²) in [5.41, 5.74) is -6.14. The van der Waals surface area contributed by atoms with Gasteiger partial charge in [0.05, 0.1) is 11.5 Å². The average Bonchev–Trinajstić information content (AvgIpc) is 2.66. The number of benzene rings is 1. The van der Waals surface area contributed by atoms with E-state index >= 15 is 0 Å². The highest BCUT2D eigenvalue weighted by Crippen LogP contribution is 2.47. The number of ether oxygens (including phenoxy) is 2. The molecule has 0 heterocycles. The van der Waals surface area contributed by atoms with Crippen LogP contribution in [0.15, 0.2) is 18.2 Å². The van der Waals surface area contributed by atoms with Gasteiger partial charge in [0, 0.05) is 0 Å². The molecule has 1 fully saturated rings. The molecule has 186 valence electrons. The Morgan fingerprint density at radius 2 is 1.58 bits per heavy atom. The van der Waals surface area contributed by atoms with E-state index in [0.717, 1.165) is 37.5 Å². The van der Waals surface area contributed by atoms with Gasteiger partial charge in [0.2, 0.25) is 0 Å². The molecule has 33 heavy (non-hydrogen) atoms. The Morgan fingerprint density at radius 3 is 2.06 bits per heavy atom. The van der Waals surface area contributed by atoms with E-state index < -0.39 is 57.2 Å². The molecular formula is C19H20F6O7S. The monoisotopic (exact) mass is 506 g/mol. The van der Waals surface area contributed by atoms with Crippen molar-refractivity contribution in [1.82, 2.24) is 0 Å². The number of rotatable bonds is 6. The first kappa shape index (κ1) is 26.9. The zero-order valence-electron chi connectivity index (χ0n) is 17.1. The highest BCUT2D eigenvalue weighted by Gasteiger charge is 2.76. The molecule has 1 saturated carbocycles. The standard InChI is InChI=1S/C19H20F6O7S/c1-11-7-8-13(9-14(11)31-15(26)12-5-3-2-4-6-12)16(27)32-17(18(20,21)22,19(23,24)25)10-33(28,29)30/h7-9,12H,2-6,10H2,1H3,(H,28,29,30). The minimum atomic E-state index is -6.45. The molecule has 0 radical (unpaired) electrons. The van der Waals surface area contributed by atoms with E-state index in [2.05, 4.69) is 4.74 Å². The van der Waals surface area contributed by atoms with Crippen LogP contribution in [0.4, 0.5) is 26.3 Å². The summed E-state index contributed by atoms with van der Waals surface area (Å²) < 4.78 is 120. The summed E-state index contributed by atoms with van der Waals surface area (Å²) in [5, 5.41) is 0. The summed E-state index contributed by atoms with van der Waals surface area (Å²) in [7, 11) is -5.91. The quantitative estimate of drug-likeness (QED) is 0.264. The Morgan fingerprint density at radius 1 is 1.03 bits per heavy atom. The fourth-order valence-electron chi connectivity index (χ4n) is 3.31. The van der Waals surface area contributed by atoms with Crippen LogP contribution in [0.2, 0.25) is 0 Å². The van der Waals surface area contributed by atoms with Crippen LogP contribution < -0.4 is 4.74 Å². The maximum Gasteiger partial charge on any atom is 0.438 e. The van der Waals surface area contributed by atoms with Gasteiger partial charge in [-0.3, -0.25) is 9.35 Å². The lowest BCUT2D eigenvalue weighted by Gasteiger charge is -2.35. The van der Waals surface area contributed by atoms with Crippen LogP contribution in [0.5, 0.6) is 5.75 Å². The van der Waals surface area contributed by atoms with Crippen molar-refractivity contribution in [2.45, 2.75) is 57.0 Å². The third kappa shape index (κ3) is 6.37. The molecule has 0 atom stereocenters. The lowest BCUT2D eigenvalue weighted by Crippen LogP contribution is -2.63. The number of aryl methyl sites for hydroxylation is 1. The largest absolute Gasteiger partial charge is 0.438 e. The number of carbonyl (C=O) groups is 2. The molecule has 0 aliphatic heterocycles. The Hall–Kier alpha value is -2.35. The maximum atomic E-state index is 13.4. The van der Waals surface area contributed by atoms with Crippen molar-refractivity contribution in [3.63, 3.8) is 0 Å². The van der Waals surface area contributed by atoms with Crippen LogP contribution in [0.25, 0.3) is 0 Å². The molecule has 0 saturated heterocycles. The molecule has 1 aliphatic carbocycles. The van der Waals surface area contributed by atoms with E-state index in [1.54, 1.807) is 0 Å². The zero-order chi connectivity index (χ0) is 25.2. The maximum absolute atomic E-state index is 13.4. The third-order valence-electron chi connectivity index (χ3n) is 5.14. The highest BCUT2D eigenvalue weighted by atomic mass is 32.2. The Bertz CT molecular complexity index is 981.